The Hall–Kier alpha value is -1.11. The Morgan fingerprint density at radius 2 is 2.25 bits per heavy atom. The molecule has 1 aromatic carbocycles. The van der Waals surface area contributed by atoms with Crippen molar-refractivity contribution >= 4 is 44.7 Å². The van der Waals surface area contributed by atoms with Crippen LogP contribution in [0.5, 0.6) is 5.75 Å². The van der Waals surface area contributed by atoms with Gasteiger partial charge in [0, 0.05) is 11.5 Å². The molecule has 0 radical (unpaired) electrons. The van der Waals surface area contributed by atoms with Crippen LogP contribution in [0.3, 0.4) is 0 Å². The highest BCUT2D eigenvalue weighted by Crippen LogP contribution is 2.26. The van der Waals surface area contributed by atoms with Crippen molar-refractivity contribution in [2.45, 2.75) is 13.5 Å². The maximum Gasteiger partial charge on any atom is 0.131 e. The molecular formula is C13H13BrClN3OS. The highest BCUT2D eigenvalue weighted by atomic mass is 79.9. The third-order valence-corrected chi connectivity index (χ3v) is 4.04. The van der Waals surface area contributed by atoms with Gasteiger partial charge in [0.25, 0.3) is 0 Å². The Kier molecular flexibility index (Phi) is 4.67. The summed E-state index contributed by atoms with van der Waals surface area (Å²) in [5, 5.41) is 4.85. The van der Waals surface area contributed by atoms with Gasteiger partial charge in [-0.2, -0.15) is 5.10 Å². The van der Waals surface area contributed by atoms with Crippen molar-refractivity contribution in [3.05, 3.63) is 44.6 Å². The molecule has 0 aliphatic rings. The van der Waals surface area contributed by atoms with E-state index in [1.54, 1.807) is 4.68 Å². The predicted octanol–water partition coefficient (Wildman–Crippen LogP) is 3.36. The SMILES string of the molecule is Cc1nn(C)c(COc2ccc(Br)cc2C(N)=S)c1Cl. The first-order valence-electron chi connectivity index (χ1n) is 5.80. The van der Waals surface area contributed by atoms with Crippen LogP contribution >= 0.6 is 39.7 Å². The van der Waals surface area contributed by atoms with Crippen molar-refractivity contribution in [1.82, 2.24) is 9.78 Å². The number of ether oxygens (including phenoxy) is 1. The third kappa shape index (κ3) is 3.13. The summed E-state index contributed by atoms with van der Waals surface area (Å²) in [6, 6.07) is 5.51. The molecule has 1 aromatic heterocycles. The van der Waals surface area contributed by atoms with E-state index in [4.69, 9.17) is 34.3 Å². The predicted molar refractivity (Wildman–Crippen MR) is 87.3 cm³/mol. The molecule has 0 atom stereocenters. The molecule has 7 heteroatoms. The smallest absolute Gasteiger partial charge is 0.131 e. The summed E-state index contributed by atoms with van der Waals surface area (Å²) in [5.41, 5.74) is 7.97. The van der Waals surface area contributed by atoms with E-state index in [0.29, 0.717) is 22.9 Å². The van der Waals surface area contributed by atoms with Gasteiger partial charge < -0.3 is 10.5 Å². The monoisotopic (exact) mass is 373 g/mol. The van der Waals surface area contributed by atoms with Crippen LogP contribution in [0.2, 0.25) is 5.02 Å². The molecule has 0 bridgehead atoms. The van der Waals surface area contributed by atoms with Gasteiger partial charge in [0.15, 0.2) is 0 Å². The van der Waals surface area contributed by atoms with Crippen LogP contribution < -0.4 is 10.5 Å². The van der Waals surface area contributed by atoms with E-state index in [0.717, 1.165) is 15.9 Å². The molecular weight excluding hydrogens is 362 g/mol. The van der Waals surface area contributed by atoms with Gasteiger partial charge in [0.1, 0.15) is 17.3 Å². The van der Waals surface area contributed by atoms with Gasteiger partial charge in [0.05, 0.1) is 22.0 Å². The minimum absolute atomic E-state index is 0.286. The van der Waals surface area contributed by atoms with E-state index < -0.39 is 0 Å². The Morgan fingerprint density at radius 3 is 2.80 bits per heavy atom. The van der Waals surface area contributed by atoms with Crippen LogP contribution in [0.1, 0.15) is 17.0 Å². The van der Waals surface area contributed by atoms with Crippen molar-refractivity contribution in [3.8, 4) is 5.75 Å². The Labute approximate surface area is 136 Å². The number of aromatic nitrogens is 2. The fourth-order valence-electron chi connectivity index (χ4n) is 1.80. The maximum absolute atomic E-state index is 6.19. The van der Waals surface area contributed by atoms with Crippen LogP contribution in [-0.2, 0) is 13.7 Å². The molecule has 0 aliphatic heterocycles. The van der Waals surface area contributed by atoms with Crippen molar-refractivity contribution < 1.29 is 4.74 Å². The van der Waals surface area contributed by atoms with Crippen molar-refractivity contribution in [2.24, 2.45) is 12.8 Å². The first-order chi connectivity index (χ1) is 9.40. The summed E-state index contributed by atoms with van der Waals surface area (Å²) >= 11 is 14.6. The number of nitrogens with two attached hydrogens (primary N) is 1. The molecule has 0 saturated carbocycles. The molecule has 0 unspecified atom stereocenters. The minimum Gasteiger partial charge on any atom is -0.487 e. The molecule has 1 heterocycles. The first kappa shape index (κ1) is 15.3. The number of hydrogen-bond acceptors (Lipinski definition) is 3. The maximum atomic E-state index is 6.19. The number of aryl methyl sites for hydroxylation is 2. The van der Waals surface area contributed by atoms with Gasteiger partial charge in [0.2, 0.25) is 0 Å². The van der Waals surface area contributed by atoms with E-state index in [9.17, 15) is 0 Å². The second-order valence-electron chi connectivity index (χ2n) is 4.26. The van der Waals surface area contributed by atoms with Crippen molar-refractivity contribution in [1.29, 1.82) is 0 Å². The lowest BCUT2D eigenvalue weighted by Crippen LogP contribution is -2.12. The van der Waals surface area contributed by atoms with E-state index in [-0.39, 0.29) is 4.99 Å². The second-order valence-corrected chi connectivity index (χ2v) is 6.00. The molecule has 0 aliphatic carbocycles. The van der Waals surface area contributed by atoms with Crippen LogP contribution in [0.25, 0.3) is 0 Å². The van der Waals surface area contributed by atoms with E-state index in [1.165, 1.54) is 0 Å². The second kappa shape index (κ2) is 6.11. The molecule has 0 saturated heterocycles. The summed E-state index contributed by atoms with van der Waals surface area (Å²) in [5.74, 6) is 0.621. The van der Waals surface area contributed by atoms with Crippen molar-refractivity contribution in [2.75, 3.05) is 0 Å². The molecule has 2 N–H and O–H groups in total. The average molecular weight is 375 g/mol. The van der Waals surface area contributed by atoms with Crippen molar-refractivity contribution in [3.63, 3.8) is 0 Å². The molecule has 0 amide bonds. The Bertz CT molecular complexity index is 672. The normalized spacial score (nSPS) is 10.6. The summed E-state index contributed by atoms with van der Waals surface area (Å²) in [4.78, 5) is 0.286. The lowest BCUT2D eigenvalue weighted by atomic mass is 10.2. The summed E-state index contributed by atoms with van der Waals surface area (Å²) in [7, 11) is 1.83. The van der Waals surface area contributed by atoms with Crippen LogP contribution in [0.15, 0.2) is 22.7 Å². The minimum atomic E-state index is 0.286. The number of hydrogen-bond donors (Lipinski definition) is 1. The Morgan fingerprint density at radius 1 is 1.55 bits per heavy atom. The highest BCUT2D eigenvalue weighted by Gasteiger charge is 2.13. The largest absolute Gasteiger partial charge is 0.487 e. The average Bonchev–Trinajstić information content (AvgIpc) is 2.62. The van der Waals surface area contributed by atoms with Gasteiger partial charge in [-0.3, -0.25) is 4.68 Å². The highest BCUT2D eigenvalue weighted by molar-refractivity contribution is 9.10. The zero-order chi connectivity index (χ0) is 14.9. The first-order valence-corrected chi connectivity index (χ1v) is 7.38. The number of benzene rings is 1. The zero-order valence-corrected chi connectivity index (χ0v) is 14.1. The van der Waals surface area contributed by atoms with E-state index in [2.05, 4.69) is 21.0 Å². The quantitative estimate of drug-likeness (QED) is 0.834. The van der Waals surface area contributed by atoms with Gasteiger partial charge >= 0.3 is 0 Å². The lowest BCUT2D eigenvalue weighted by Gasteiger charge is -2.11. The third-order valence-electron chi connectivity index (χ3n) is 2.83. The molecule has 0 fully saturated rings. The Balaban J connectivity index is 2.25. The number of halogens is 2. The van der Waals surface area contributed by atoms with Crippen LogP contribution in [0, 0.1) is 6.92 Å². The number of nitrogens with zero attached hydrogens (tertiary/aromatic N) is 2. The van der Waals surface area contributed by atoms with E-state index in [1.807, 2.05) is 32.2 Å². The topological polar surface area (TPSA) is 53.1 Å². The van der Waals surface area contributed by atoms with Crippen LogP contribution in [0.4, 0.5) is 0 Å². The zero-order valence-electron chi connectivity index (χ0n) is 11.0. The van der Waals surface area contributed by atoms with Crippen LogP contribution in [-0.4, -0.2) is 14.8 Å². The summed E-state index contributed by atoms with van der Waals surface area (Å²) < 4.78 is 8.38. The number of rotatable bonds is 4. The molecule has 20 heavy (non-hydrogen) atoms. The number of thiocarbonyl (C=S) groups is 1. The summed E-state index contributed by atoms with van der Waals surface area (Å²) in [6.07, 6.45) is 0. The van der Waals surface area contributed by atoms with Gasteiger partial charge in [-0.25, -0.2) is 0 Å². The standard InChI is InChI=1S/C13H13BrClN3OS/c1-7-12(15)10(18(2)17-7)6-19-11-4-3-8(14)5-9(11)13(16)20/h3-5H,6H2,1-2H3,(H2,16,20). The lowest BCUT2D eigenvalue weighted by molar-refractivity contribution is 0.294. The molecule has 0 spiro atoms. The van der Waals surface area contributed by atoms with E-state index >= 15 is 0 Å². The van der Waals surface area contributed by atoms with Gasteiger partial charge in [-0.05, 0) is 25.1 Å². The fraction of sp³-hybridized carbons (Fsp3) is 0.231. The van der Waals surface area contributed by atoms with Gasteiger partial charge in [-0.15, -0.1) is 0 Å². The summed E-state index contributed by atoms with van der Waals surface area (Å²) in [6.45, 7) is 2.15. The molecule has 4 nitrogen and oxygen atoms in total. The fourth-order valence-corrected chi connectivity index (χ4v) is 2.54. The molecule has 2 aromatic rings. The van der Waals surface area contributed by atoms with Gasteiger partial charge in [-0.1, -0.05) is 39.7 Å². The molecule has 2 rings (SSSR count). The molecule has 106 valence electrons.